The van der Waals surface area contributed by atoms with Crippen LogP contribution in [0.4, 0.5) is 10.3 Å². The predicted molar refractivity (Wildman–Crippen MR) is 88.7 cm³/mol. The Labute approximate surface area is 139 Å². The summed E-state index contributed by atoms with van der Waals surface area (Å²) in [6.45, 7) is 2.31. The fourth-order valence-electron chi connectivity index (χ4n) is 2.80. The number of aromatic nitrogens is 2. The first-order valence-corrected chi connectivity index (χ1v) is 7.98. The van der Waals surface area contributed by atoms with E-state index in [4.69, 9.17) is 5.73 Å². The van der Waals surface area contributed by atoms with Crippen LogP contribution in [0.1, 0.15) is 30.1 Å². The van der Waals surface area contributed by atoms with Crippen LogP contribution >= 0.6 is 0 Å². The van der Waals surface area contributed by atoms with Crippen LogP contribution in [0.25, 0.3) is 0 Å². The minimum atomic E-state index is -0.698. The lowest BCUT2D eigenvalue weighted by atomic mass is 10.1. The molecule has 126 valence electrons. The number of nitrogens with two attached hydrogens (primary N) is 1. The van der Waals surface area contributed by atoms with Crippen molar-refractivity contribution in [1.29, 1.82) is 0 Å². The fraction of sp³-hybridized carbons (Fsp3) is 0.353. The Morgan fingerprint density at radius 3 is 2.62 bits per heavy atom. The molecule has 1 fully saturated rings. The van der Waals surface area contributed by atoms with E-state index < -0.39 is 11.9 Å². The van der Waals surface area contributed by atoms with E-state index in [0.29, 0.717) is 18.1 Å². The molecule has 1 aromatic carbocycles. The van der Waals surface area contributed by atoms with Crippen LogP contribution in [0.5, 0.6) is 0 Å². The maximum absolute atomic E-state index is 13.0. The molecule has 7 heteroatoms. The Balaban J connectivity index is 1.69. The first kappa shape index (κ1) is 16.3. The van der Waals surface area contributed by atoms with E-state index >= 15 is 0 Å². The van der Waals surface area contributed by atoms with Gasteiger partial charge in [0.15, 0.2) is 0 Å². The Morgan fingerprint density at radius 1 is 1.25 bits per heavy atom. The monoisotopic (exact) mass is 329 g/mol. The Kier molecular flexibility index (Phi) is 5.00. The van der Waals surface area contributed by atoms with E-state index in [-0.39, 0.29) is 5.82 Å². The van der Waals surface area contributed by atoms with Gasteiger partial charge in [-0.15, -0.1) is 0 Å². The van der Waals surface area contributed by atoms with Gasteiger partial charge in [-0.05, 0) is 36.6 Å². The number of benzene rings is 1. The number of anilines is 1. The zero-order valence-corrected chi connectivity index (χ0v) is 13.3. The molecule has 1 unspecified atom stereocenters. The van der Waals surface area contributed by atoms with Gasteiger partial charge >= 0.3 is 0 Å². The molecule has 1 aliphatic heterocycles. The number of primary amides is 1. The van der Waals surface area contributed by atoms with Crippen molar-refractivity contribution < 1.29 is 9.18 Å². The van der Waals surface area contributed by atoms with Crippen molar-refractivity contribution in [2.75, 3.05) is 18.0 Å². The number of hydrogen-bond donors (Lipinski definition) is 2. The van der Waals surface area contributed by atoms with Crippen LogP contribution in [0.15, 0.2) is 36.5 Å². The second-order valence-corrected chi connectivity index (χ2v) is 5.81. The number of hydrogen-bond acceptors (Lipinski definition) is 5. The molecule has 1 amide bonds. The van der Waals surface area contributed by atoms with E-state index in [2.05, 4.69) is 20.2 Å². The van der Waals surface area contributed by atoms with E-state index in [0.717, 1.165) is 31.6 Å². The molecule has 2 aromatic rings. The maximum Gasteiger partial charge on any atom is 0.239 e. The molecular weight excluding hydrogens is 309 g/mol. The summed E-state index contributed by atoms with van der Waals surface area (Å²) >= 11 is 0. The second kappa shape index (κ2) is 7.35. The quantitative estimate of drug-likeness (QED) is 0.840. The molecule has 0 bridgehead atoms. The van der Waals surface area contributed by atoms with E-state index in [1.165, 1.54) is 12.1 Å². The minimum Gasteiger partial charge on any atom is -0.368 e. The Hall–Kier alpha value is -2.54. The summed E-state index contributed by atoms with van der Waals surface area (Å²) in [4.78, 5) is 22.7. The highest BCUT2D eigenvalue weighted by Gasteiger charge is 2.18. The fourth-order valence-corrected chi connectivity index (χ4v) is 2.80. The van der Waals surface area contributed by atoms with Crippen LogP contribution in [0.3, 0.4) is 0 Å². The van der Waals surface area contributed by atoms with Gasteiger partial charge in [0.2, 0.25) is 11.9 Å². The van der Waals surface area contributed by atoms with Gasteiger partial charge in [0, 0.05) is 25.8 Å². The maximum atomic E-state index is 13.0. The van der Waals surface area contributed by atoms with Gasteiger partial charge in [-0.1, -0.05) is 12.1 Å². The smallest absolute Gasteiger partial charge is 0.239 e. The van der Waals surface area contributed by atoms with Gasteiger partial charge in [-0.25, -0.2) is 14.4 Å². The predicted octanol–water partition coefficient (Wildman–Crippen LogP) is 1.53. The summed E-state index contributed by atoms with van der Waals surface area (Å²) in [5.74, 6) is -0.160. The Bertz CT molecular complexity index is 700. The zero-order chi connectivity index (χ0) is 16.9. The Morgan fingerprint density at radius 2 is 1.96 bits per heavy atom. The summed E-state index contributed by atoms with van der Waals surface area (Å²) in [5.41, 5.74) is 6.87. The van der Waals surface area contributed by atoms with Crippen molar-refractivity contribution in [1.82, 2.24) is 15.3 Å². The van der Waals surface area contributed by atoms with E-state index in [9.17, 15) is 9.18 Å². The average Bonchev–Trinajstić information content (AvgIpc) is 3.11. The van der Waals surface area contributed by atoms with Gasteiger partial charge in [0.1, 0.15) is 11.9 Å². The highest BCUT2D eigenvalue weighted by atomic mass is 19.1. The summed E-state index contributed by atoms with van der Waals surface area (Å²) in [7, 11) is 0. The van der Waals surface area contributed by atoms with Crippen molar-refractivity contribution in [2.45, 2.75) is 25.4 Å². The minimum absolute atomic E-state index is 0.354. The number of rotatable bonds is 6. The molecule has 24 heavy (non-hydrogen) atoms. The van der Waals surface area contributed by atoms with Crippen LogP contribution in [-0.2, 0) is 11.3 Å². The van der Waals surface area contributed by atoms with Crippen molar-refractivity contribution in [3.8, 4) is 0 Å². The molecule has 0 radical (unpaired) electrons. The molecule has 0 aliphatic carbocycles. The second-order valence-electron chi connectivity index (χ2n) is 5.81. The SMILES string of the molecule is NC(=O)C(NCc1ccnc(N2CCCC2)n1)c1ccc(F)cc1. The molecule has 1 aromatic heterocycles. The molecule has 6 nitrogen and oxygen atoms in total. The molecule has 1 saturated heterocycles. The van der Waals surface area contributed by atoms with Gasteiger partial charge in [-0.2, -0.15) is 0 Å². The number of carbonyl (C=O) groups is 1. The number of halogens is 1. The lowest BCUT2D eigenvalue weighted by molar-refractivity contribution is -0.120. The van der Waals surface area contributed by atoms with Crippen molar-refractivity contribution >= 4 is 11.9 Å². The largest absolute Gasteiger partial charge is 0.368 e. The number of nitrogens with zero attached hydrogens (tertiary/aromatic N) is 3. The topological polar surface area (TPSA) is 84.1 Å². The summed E-state index contributed by atoms with van der Waals surface area (Å²) in [6, 6.07) is 6.82. The van der Waals surface area contributed by atoms with Crippen LogP contribution in [0, 0.1) is 5.82 Å². The van der Waals surface area contributed by atoms with Gasteiger partial charge < -0.3 is 10.6 Å². The van der Waals surface area contributed by atoms with Crippen molar-refractivity contribution in [3.63, 3.8) is 0 Å². The third-order valence-electron chi connectivity index (χ3n) is 4.06. The van der Waals surface area contributed by atoms with E-state index in [1.807, 2.05) is 0 Å². The standard InChI is InChI=1S/C17H20FN5O/c18-13-5-3-12(4-6-13)15(16(19)24)21-11-14-7-8-20-17(22-14)23-9-1-2-10-23/h3-8,15,21H,1-2,9-11H2,(H2,19,24). The summed E-state index contributed by atoms with van der Waals surface area (Å²) in [5, 5.41) is 3.08. The molecular formula is C17H20FN5O. The third kappa shape index (κ3) is 3.86. The number of carbonyl (C=O) groups excluding carboxylic acids is 1. The molecule has 1 aliphatic rings. The zero-order valence-electron chi connectivity index (χ0n) is 13.3. The number of amides is 1. The first-order valence-electron chi connectivity index (χ1n) is 7.98. The van der Waals surface area contributed by atoms with Crippen LogP contribution in [0.2, 0.25) is 0 Å². The highest BCUT2D eigenvalue weighted by molar-refractivity contribution is 5.81. The summed E-state index contributed by atoms with van der Waals surface area (Å²) in [6.07, 6.45) is 4.02. The van der Waals surface area contributed by atoms with Crippen LogP contribution in [-0.4, -0.2) is 29.0 Å². The first-order chi connectivity index (χ1) is 11.6. The molecule has 3 rings (SSSR count). The molecule has 1 atom stereocenters. The van der Waals surface area contributed by atoms with E-state index in [1.54, 1.807) is 24.4 Å². The van der Waals surface area contributed by atoms with Crippen molar-refractivity contribution in [3.05, 3.63) is 53.6 Å². The van der Waals surface area contributed by atoms with Gasteiger partial charge in [0.25, 0.3) is 0 Å². The lowest BCUT2D eigenvalue weighted by Crippen LogP contribution is -2.33. The average molecular weight is 329 g/mol. The molecule has 0 saturated carbocycles. The van der Waals surface area contributed by atoms with Crippen LogP contribution < -0.4 is 16.0 Å². The molecule has 3 N–H and O–H groups in total. The van der Waals surface area contributed by atoms with Gasteiger partial charge in [-0.3, -0.25) is 10.1 Å². The molecule has 0 spiro atoms. The number of nitrogens with one attached hydrogen (secondary N) is 1. The van der Waals surface area contributed by atoms with Crippen molar-refractivity contribution in [2.24, 2.45) is 5.73 Å². The summed E-state index contributed by atoms with van der Waals surface area (Å²) < 4.78 is 13.0. The molecule has 2 heterocycles. The highest BCUT2D eigenvalue weighted by Crippen LogP contribution is 2.17. The van der Waals surface area contributed by atoms with Gasteiger partial charge in [0.05, 0.1) is 5.69 Å². The normalized spacial score (nSPS) is 15.5. The lowest BCUT2D eigenvalue weighted by Gasteiger charge is -2.17. The third-order valence-corrected chi connectivity index (χ3v) is 4.06.